The fraction of sp³-hybridized carbons (Fsp3) is 0.700. The second kappa shape index (κ2) is 4.30. The summed E-state index contributed by atoms with van der Waals surface area (Å²) in [4.78, 5) is 4.40. The Balaban J connectivity index is 2.96. The van der Waals surface area contributed by atoms with Crippen LogP contribution in [-0.2, 0) is 0 Å². The number of rotatable bonds is 4. The van der Waals surface area contributed by atoms with Gasteiger partial charge in [0.1, 0.15) is 0 Å². The monoisotopic (exact) mass is 181 g/mol. The first kappa shape index (κ1) is 10.1. The summed E-state index contributed by atoms with van der Waals surface area (Å²) < 4.78 is 2.23. The Labute approximate surface area is 80.2 Å². The van der Waals surface area contributed by atoms with Gasteiger partial charge in [0.2, 0.25) is 5.95 Å². The lowest BCUT2D eigenvalue weighted by Gasteiger charge is -2.16. The van der Waals surface area contributed by atoms with Crippen LogP contribution in [0.2, 0.25) is 0 Å². The number of nitrogens with zero attached hydrogens (tertiary/aromatic N) is 2. The van der Waals surface area contributed by atoms with Crippen LogP contribution in [0.25, 0.3) is 0 Å². The topological polar surface area (TPSA) is 29.9 Å². The SMILES string of the molecule is CCC(CC)n1cc(C)nc1NC. The molecule has 1 aromatic heterocycles. The van der Waals surface area contributed by atoms with Crippen LogP contribution in [0.5, 0.6) is 0 Å². The molecule has 0 aliphatic rings. The molecular weight excluding hydrogens is 162 g/mol. The van der Waals surface area contributed by atoms with E-state index >= 15 is 0 Å². The predicted octanol–water partition coefficient (Wildman–Crippen LogP) is 2.59. The Morgan fingerprint density at radius 3 is 2.54 bits per heavy atom. The molecule has 0 aliphatic heterocycles. The van der Waals surface area contributed by atoms with Gasteiger partial charge < -0.3 is 9.88 Å². The van der Waals surface area contributed by atoms with Crippen molar-refractivity contribution in [2.24, 2.45) is 0 Å². The summed E-state index contributed by atoms with van der Waals surface area (Å²) >= 11 is 0. The van der Waals surface area contributed by atoms with E-state index in [4.69, 9.17) is 0 Å². The van der Waals surface area contributed by atoms with Crippen LogP contribution in [0, 0.1) is 6.92 Å². The molecule has 0 saturated carbocycles. The molecule has 0 amide bonds. The summed E-state index contributed by atoms with van der Waals surface area (Å²) in [5, 5.41) is 3.12. The van der Waals surface area contributed by atoms with Crippen molar-refractivity contribution in [3.05, 3.63) is 11.9 Å². The molecule has 3 heteroatoms. The number of hydrogen-bond acceptors (Lipinski definition) is 2. The molecule has 1 N–H and O–H groups in total. The van der Waals surface area contributed by atoms with Gasteiger partial charge in [0.25, 0.3) is 0 Å². The molecule has 0 spiro atoms. The lowest BCUT2D eigenvalue weighted by Crippen LogP contribution is -2.09. The van der Waals surface area contributed by atoms with Crippen LogP contribution in [0.4, 0.5) is 5.95 Å². The summed E-state index contributed by atoms with van der Waals surface area (Å²) in [6.45, 7) is 6.45. The highest BCUT2D eigenvalue weighted by Gasteiger charge is 2.10. The van der Waals surface area contributed by atoms with E-state index in [9.17, 15) is 0 Å². The second-order valence-electron chi connectivity index (χ2n) is 3.33. The number of hydrogen-bond donors (Lipinski definition) is 1. The first-order valence-corrected chi connectivity index (χ1v) is 4.96. The third-order valence-corrected chi connectivity index (χ3v) is 2.41. The number of anilines is 1. The van der Waals surface area contributed by atoms with Gasteiger partial charge in [-0.1, -0.05) is 13.8 Å². The Morgan fingerprint density at radius 1 is 1.46 bits per heavy atom. The van der Waals surface area contributed by atoms with E-state index in [-0.39, 0.29) is 0 Å². The van der Waals surface area contributed by atoms with E-state index < -0.39 is 0 Å². The zero-order valence-electron chi connectivity index (χ0n) is 8.96. The third kappa shape index (κ3) is 2.02. The van der Waals surface area contributed by atoms with Crippen LogP contribution < -0.4 is 5.32 Å². The molecule has 3 nitrogen and oxygen atoms in total. The minimum absolute atomic E-state index is 0.573. The second-order valence-corrected chi connectivity index (χ2v) is 3.33. The average molecular weight is 181 g/mol. The molecule has 13 heavy (non-hydrogen) atoms. The van der Waals surface area contributed by atoms with Crippen LogP contribution in [0.3, 0.4) is 0 Å². The average Bonchev–Trinajstić information content (AvgIpc) is 2.49. The van der Waals surface area contributed by atoms with Gasteiger partial charge >= 0.3 is 0 Å². The van der Waals surface area contributed by atoms with Gasteiger partial charge in [0.15, 0.2) is 0 Å². The van der Waals surface area contributed by atoms with Crippen molar-refractivity contribution in [1.29, 1.82) is 0 Å². The smallest absolute Gasteiger partial charge is 0.203 e. The maximum absolute atomic E-state index is 4.40. The first-order chi connectivity index (χ1) is 6.22. The molecule has 0 fully saturated rings. The Morgan fingerprint density at radius 2 is 2.08 bits per heavy atom. The molecule has 0 radical (unpaired) electrons. The molecule has 74 valence electrons. The van der Waals surface area contributed by atoms with Crippen molar-refractivity contribution in [3.63, 3.8) is 0 Å². The van der Waals surface area contributed by atoms with E-state index in [2.05, 4.69) is 34.9 Å². The number of aryl methyl sites for hydroxylation is 1. The highest BCUT2D eigenvalue weighted by atomic mass is 15.2. The molecule has 0 atom stereocenters. The number of nitrogens with one attached hydrogen (secondary N) is 1. The van der Waals surface area contributed by atoms with Crippen molar-refractivity contribution in [3.8, 4) is 0 Å². The van der Waals surface area contributed by atoms with E-state index in [0.29, 0.717) is 6.04 Å². The molecule has 0 unspecified atom stereocenters. The summed E-state index contributed by atoms with van der Waals surface area (Å²) in [7, 11) is 1.92. The lowest BCUT2D eigenvalue weighted by molar-refractivity contribution is 0.476. The molecule has 0 bridgehead atoms. The maximum atomic E-state index is 4.40. The van der Waals surface area contributed by atoms with Gasteiger partial charge in [-0.3, -0.25) is 0 Å². The fourth-order valence-corrected chi connectivity index (χ4v) is 1.66. The molecule has 1 aromatic rings. The highest BCUT2D eigenvalue weighted by Crippen LogP contribution is 2.21. The van der Waals surface area contributed by atoms with E-state index in [0.717, 1.165) is 24.5 Å². The van der Waals surface area contributed by atoms with Crippen LogP contribution in [-0.4, -0.2) is 16.6 Å². The van der Waals surface area contributed by atoms with E-state index in [1.165, 1.54) is 0 Å². The van der Waals surface area contributed by atoms with Gasteiger partial charge in [-0.05, 0) is 19.8 Å². The molecule has 0 aromatic carbocycles. The predicted molar refractivity (Wildman–Crippen MR) is 56.1 cm³/mol. The third-order valence-electron chi connectivity index (χ3n) is 2.41. The van der Waals surface area contributed by atoms with E-state index in [1.807, 2.05) is 14.0 Å². The van der Waals surface area contributed by atoms with Crippen LogP contribution in [0.1, 0.15) is 38.4 Å². The van der Waals surface area contributed by atoms with Crippen molar-refractivity contribution >= 4 is 5.95 Å². The van der Waals surface area contributed by atoms with Gasteiger partial charge in [-0.25, -0.2) is 4.98 Å². The molecule has 0 saturated heterocycles. The number of aromatic nitrogens is 2. The van der Waals surface area contributed by atoms with Gasteiger partial charge in [-0.2, -0.15) is 0 Å². The maximum Gasteiger partial charge on any atom is 0.203 e. The van der Waals surface area contributed by atoms with Crippen molar-refractivity contribution in [2.75, 3.05) is 12.4 Å². The minimum atomic E-state index is 0.573. The lowest BCUT2D eigenvalue weighted by atomic mass is 10.2. The zero-order valence-corrected chi connectivity index (χ0v) is 8.96. The standard InChI is InChI=1S/C10H19N3/c1-5-9(6-2)13-7-8(3)12-10(13)11-4/h7,9H,5-6H2,1-4H3,(H,11,12). The fourth-order valence-electron chi connectivity index (χ4n) is 1.66. The molecule has 1 rings (SSSR count). The largest absolute Gasteiger partial charge is 0.359 e. The highest BCUT2D eigenvalue weighted by molar-refractivity contribution is 5.28. The van der Waals surface area contributed by atoms with E-state index in [1.54, 1.807) is 0 Å². The molecule has 0 aliphatic carbocycles. The van der Waals surface area contributed by atoms with Gasteiger partial charge in [-0.15, -0.1) is 0 Å². The Bertz CT molecular complexity index is 261. The summed E-state index contributed by atoms with van der Waals surface area (Å²) in [5.41, 5.74) is 1.08. The number of imidazole rings is 1. The quantitative estimate of drug-likeness (QED) is 0.773. The van der Waals surface area contributed by atoms with Gasteiger partial charge in [0, 0.05) is 19.3 Å². The van der Waals surface area contributed by atoms with Crippen LogP contribution >= 0.6 is 0 Å². The van der Waals surface area contributed by atoms with Crippen LogP contribution in [0.15, 0.2) is 6.20 Å². The van der Waals surface area contributed by atoms with Crippen molar-refractivity contribution < 1.29 is 0 Å². The normalized spacial score (nSPS) is 10.8. The minimum Gasteiger partial charge on any atom is -0.359 e. The summed E-state index contributed by atoms with van der Waals surface area (Å²) in [6.07, 6.45) is 4.42. The summed E-state index contributed by atoms with van der Waals surface area (Å²) in [6, 6.07) is 0.573. The van der Waals surface area contributed by atoms with Crippen molar-refractivity contribution in [2.45, 2.75) is 39.7 Å². The molecular formula is C10H19N3. The molecule has 1 heterocycles. The summed E-state index contributed by atoms with van der Waals surface area (Å²) in [5.74, 6) is 0.978. The Kier molecular flexibility index (Phi) is 3.34. The first-order valence-electron chi connectivity index (χ1n) is 4.96. The zero-order chi connectivity index (χ0) is 9.84. The van der Waals surface area contributed by atoms with Crippen molar-refractivity contribution in [1.82, 2.24) is 9.55 Å². The van der Waals surface area contributed by atoms with Gasteiger partial charge in [0.05, 0.1) is 5.69 Å². The Hall–Kier alpha value is -0.990.